The van der Waals surface area contributed by atoms with Gasteiger partial charge in [0.05, 0.1) is 27.2 Å². The van der Waals surface area contributed by atoms with E-state index in [1.165, 1.54) is 19.2 Å². The van der Waals surface area contributed by atoms with Gasteiger partial charge in [0.15, 0.2) is 0 Å². The Morgan fingerprint density at radius 3 is 1.71 bits per heavy atom. The van der Waals surface area contributed by atoms with Crippen LogP contribution in [-0.2, 0) is 11.5 Å². The van der Waals surface area contributed by atoms with Crippen LogP contribution in [0.3, 0.4) is 0 Å². The van der Waals surface area contributed by atoms with Crippen LogP contribution in [0.5, 0.6) is 5.75 Å². The molecule has 1 aliphatic rings. The van der Waals surface area contributed by atoms with Crippen molar-refractivity contribution in [3.8, 4) is 11.4 Å². The molecule has 0 fully saturated rings. The number of hydrogen-bond donors (Lipinski definition) is 0. The van der Waals surface area contributed by atoms with Gasteiger partial charge >= 0.3 is 11.5 Å². The highest BCUT2D eigenvalue weighted by Gasteiger charge is 2.19. The molecular weight excluding hydrogens is 396 g/mol. The van der Waals surface area contributed by atoms with Gasteiger partial charge in [0.25, 0.3) is 22.2 Å². The molecular formula is C24H15N2O5+. The number of nitrogens with zero attached hydrogens (tertiary/aromatic N) is 2. The van der Waals surface area contributed by atoms with Crippen LogP contribution in [0.4, 0.5) is 0 Å². The van der Waals surface area contributed by atoms with Gasteiger partial charge in [0.2, 0.25) is 0 Å². The predicted octanol–water partition coefficient (Wildman–Crippen LogP) is 1.94. The molecule has 2 aromatic carbocycles. The molecule has 0 amide bonds. The summed E-state index contributed by atoms with van der Waals surface area (Å²) in [5, 5.41) is 0.472. The van der Waals surface area contributed by atoms with Crippen molar-refractivity contribution in [2.45, 2.75) is 0 Å². The Morgan fingerprint density at radius 2 is 1.19 bits per heavy atom. The Labute approximate surface area is 174 Å². The zero-order valence-electron chi connectivity index (χ0n) is 16.4. The third-order valence-electron chi connectivity index (χ3n) is 5.35. The molecule has 7 heteroatoms. The molecule has 150 valence electrons. The highest BCUT2D eigenvalue weighted by atomic mass is 16.4. The van der Waals surface area contributed by atoms with Gasteiger partial charge in [-0.25, -0.2) is 8.99 Å². The summed E-state index contributed by atoms with van der Waals surface area (Å²) in [6.07, 6.45) is 7.24. The van der Waals surface area contributed by atoms with E-state index in [9.17, 15) is 19.2 Å². The summed E-state index contributed by atoms with van der Waals surface area (Å²) in [6, 6.07) is 9.17. The van der Waals surface area contributed by atoms with E-state index >= 15 is 0 Å². The van der Waals surface area contributed by atoms with Gasteiger partial charge in [-0.05, 0) is 42.0 Å². The van der Waals surface area contributed by atoms with E-state index in [0.29, 0.717) is 17.2 Å². The second kappa shape index (κ2) is 6.56. The fourth-order valence-electron chi connectivity index (χ4n) is 3.69. The number of rotatable bonds is 2. The molecule has 0 atom stereocenters. The van der Waals surface area contributed by atoms with Crippen molar-refractivity contribution in [3.63, 3.8) is 0 Å². The summed E-state index contributed by atoms with van der Waals surface area (Å²) in [5.74, 6) is 1.17. The van der Waals surface area contributed by atoms with Crippen molar-refractivity contribution in [1.29, 1.82) is 0 Å². The smallest absolute Gasteiger partial charge is 0.277 e. The van der Waals surface area contributed by atoms with Crippen molar-refractivity contribution in [1.82, 2.24) is 9.13 Å². The largest absolute Gasteiger partial charge is 0.353 e. The molecule has 31 heavy (non-hydrogen) atoms. The lowest BCUT2D eigenvalue weighted by Gasteiger charge is -1.98. The molecule has 0 N–H and O–H groups in total. The molecule has 0 unspecified atom stereocenters. The van der Waals surface area contributed by atoms with E-state index in [4.69, 9.17) is 4.42 Å². The van der Waals surface area contributed by atoms with Gasteiger partial charge in [0, 0.05) is 31.3 Å². The molecule has 7 nitrogen and oxygen atoms in total. The van der Waals surface area contributed by atoms with Gasteiger partial charge in [0.1, 0.15) is 0 Å². The first kappa shape index (κ1) is 18.6. The molecule has 0 bridgehead atoms. The molecule has 0 aliphatic heterocycles. The SMILES string of the molecule is C=C1C=CC(=[O+]c2ccc(-n3c(=O)c4cc5c(=O)n(C)c(=O)c5cc4c3=O)cc2)C=C1. The average molecular weight is 411 g/mol. The normalized spacial score (nSPS) is 13.6. The van der Waals surface area contributed by atoms with Gasteiger partial charge in [-0.3, -0.25) is 23.7 Å². The van der Waals surface area contributed by atoms with E-state index in [1.54, 1.807) is 36.4 Å². The van der Waals surface area contributed by atoms with Crippen LogP contribution in [0.1, 0.15) is 0 Å². The minimum Gasteiger partial charge on any atom is -0.277 e. The highest BCUT2D eigenvalue weighted by molar-refractivity contribution is 6.02. The molecule has 0 saturated carbocycles. The molecule has 5 rings (SSSR count). The standard InChI is InChI=1S/C24H15N2O5/c1-13-3-7-15(8-4-13)31-16-9-5-14(6-10-16)26-23(29)19-11-17-18(12-20(19)24(26)30)22(28)25(2)21(17)27/h3-12H,1H2,2H3/q+1. The molecule has 0 spiro atoms. The zero-order chi connectivity index (χ0) is 21.9. The van der Waals surface area contributed by atoms with Crippen LogP contribution < -0.4 is 22.2 Å². The highest BCUT2D eigenvalue weighted by Crippen LogP contribution is 2.18. The number of carbonyl (C=O) groups excluding carboxylic acids is 1. The van der Waals surface area contributed by atoms with Crippen molar-refractivity contribution in [3.05, 3.63) is 114 Å². The van der Waals surface area contributed by atoms with E-state index in [-0.39, 0.29) is 21.5 Å². The summed E-state index contributed by atoms with van der Waals surface area (Å²) in [5.41, 5.74) is -0.838. The number of hydrogen-bond acceptors (Lipinski definition) is 4. The van der Waals surface area contributed by atoms with Crippen LogP contribution in [0, 0.1) is 0 Å². The third-order valence-corrected chi connectivity index (χ3v) is 5.35. The summed E-state index contributed by atoms with van der Waals surface area (Å²) in [7, 11) is 1.36. The summed E-state index contributed by atoms with van der Waals surface area (Å²) < 4.78 is 7.75. The van der Waals surface area contributed by atoms with Crippen molar-refractivity contribution >= 4 is 27.3 Å². The summed E-state index contributed by atoms with van der Waals surface area (Å²) in [4.78, 5) is 50.3. The lowest BCUT2D eigenvalue weighted by molar-refractivity contribution is -0.364. The van der Waals surface area contributed by atoms with Crippen LogP contribution in [0.2, 0.25) is 0 Å². The number of allylic oxidation sites excluding steroid dienone is 5. The van der Waals surface area contributed by atoms with Gasteiger partial charge in [-0.2, -0.15) is 0 Å². The molecule has 0 saturated heterocycles. The van der Waals surface area contributed by atoms with E-state index in [1.807, 2.05) is 12.2 Å². The second-order valence-corrected chi connectivity index (χ2v) is 7.30. The first-order valence-electron chi connectivity index (χ1n) is 9.44. The average Bonchev–Trinajstić information content (AvgIpc) is 3.14. The minimum atomic E-state index is -0.544. The van der Waals surface area contributed by atoms with Crippen LogP contribution in [0.15, 0.2) is 92.0 Å². The molecule has 4 aromatic rings. The fraction of sp³-hybridized carbons (Fsp3) is 0.0417. The Kier molecular flexibility index (Phi) is 3.94. The van der Waals surface area contributed by atoms with Crippen molar-refractivity contribution in [2.75, 3.05) is 0 Å². The van der Waals surface area contributed by atoms with Crippen LogP contribution in [-0.4, -0.2) is 14.9 Å². The quantitative estimate of drug-likeness (QED) is 0.472. The maximum absolute atomic E-state index is 12.9. The van der Waals surface area contributed by atoms with Gasteiger partial charge in [-0.1, -0.05) is 6.58 Å². The summed E-state index contributed by atoms with van der Waals surface area (Å²) in [6.45, 7) is 3.82. The topological polar surface area (TPSA) is 89.4 Å². The van der Waals surface area contributed by atoms with E-state index in [2.05, 4.69) is 6.58 Å². The third kappa shape index (κ3) is 2.78. The monoisotopic (exact) mass is 411 g/mol. The van der Waals surface area contributed by atoms with Crippen LogP contribution >= 0.6 is 0 Å². The van der Waals surface area contributed by atoms with Crippen molar-refractivity contribution < 1.29 is 4.42 Å². The molecule has 2 aromatic heterocycles. The maximum Gasteiger partial charge on any atom is 0.353 e. The lowest BCUT2D eigenvalue weighted by atomic mass is 10.1. The first-order valence-corrected chi connectivity index (χ1v) is 9.44. The lowest BCUT2D eigenvalue weighted by Crippen LogP contribution is -2.23. The zero-order valence-corrected chi connectivity index (χ0v) is 16.4. The van der Waals surface area contributed by atoms with Crippen molar-refractivity contribution in [2.24, 2.45) is 7.05 Å². The Balaban J connectivity index is 1.64. The number of ketones is 1. The van der Waals surface area contributed by atoms with E-state index < -0.39 is 22.2 Å². The van der Waals surface area contributed by atoms with Gasteiger partial charge < -0.3 is 0 Å². The Morgan fingerprint density at radius 1 is 0.710 bits per heavy atom. The maximum atomic E-state index is 12.9. The van der Waals surface area contributed by atoms with Crippen LogP contribution in [0.25, 0.3) is 27.2 Å². The first-order chi connectivity index (χ1) is 14.8. The molecule has 1 aliphatic carbocycles. The predicted molar refractivity (Wildman–Crippen MR) is 119 cm³/mol. The Hall–Kier alpha value is -4.39. The Bertz CT molecular complexity index is 1620. The van der Waals surface area contributed by atoms with E-state index in [0.717, 1.165) is 14.7 Å². The number of benzene rings is 2. The fourth-order valence-corrected chi connectivity index (χ4v) is 3.69. The van der Waals surface area contributed by atoms with Gasteiger partial charge in [-0.15, -0.1) is 0 Å². The second-order valence-electron chi connectivity index (χ2n) is 7.30. The summed E-state index contributed by atoms with van der Waals surface area (Å²) >= 11 is 0. The molecule has 0 radical (unpaired) electrons. The number of fused-ring (bicyclic) bond motifs is 2. The number of aromatic nitrogens is 2. The molecule has 2 heterocycles. The minimum absolute atomic E-state index is 0.105.